The van der Waals surface area contributed by atoms with Gasteiger partial charge in [0.2, 0.25) is 0 Å². The van der Waals surface area contributed by atoms with Crippen LogP contribution in [0.15, 0.2) is 30.3 Å². The number of halogens is 3. The Hall–Kier alpha value is -0.240. The van der Waals surface area contributed by atoms with Gasteiger partial charge in [-0.15, -0.1) is 0 Å². The largest absolute Gasteiger partial charge is 0.308 e. The summed E-state index contributed by atoms with van der Waals surface area (Å²) in [6.45, 7) is 4.43. The fraction of sp³-hybridized carbons (Fsp3) is 0.467. The van der Waals surface area contributed by atoms with E-state index in [4.69, 9.17) is 11.6 Å². The molecule has 1 aromatic carbocycles. The zero-order chi connectivity index (χ0) is 17.0. The Balaban J connectivity index is 1.82. The summed E-state index contributed by atoms with van der Waals surface area (Å²) in [5.41, 5.74) is 0.443. The summed E-state index contributed by atoms with van der Waals surface area (Å²) in [5.74, 6) is -0.301. The van der Waals surface area contributed by atoms with Crippen LogP contribution in [0.1, 0.15) is 19.4 Å². The quantitative estimate of drug-likeness (QED) is 0.285. The smallest absolute Gasteiger partial charge is 0.257 e. The fourth-order valence-electron chi connectivity index (χ4n) is 2.86. The average Bonchev–Trinajstić information content (AvgIpc) is 2.71. The molecule has 0 unspecified atom stereocenters. The molecular weight excluding hydrogens is 468 g/mol. The first-order valence-corrected chi connectivity index (χ1v) is 9.85. The van der Waals surface area contributed by atoms with Crippen LogP contribution >= 0.6 is 55.4 Å². The summed E-state index contributed by atoms with van der Waals surface area (Å²) < 4.78 is 0.306. The molecule has 0 bridgehead atoms. The molecule has 0 spiro atoms. The number of carbonyl (C=O) groups is 2. The lowest BCUT2D eigenvalue weighted by Gasteiger charge is -2.50. The normalized spacial score (nSPS) is 28.9. The van der Waals surface area contributed by atoms with Crippen molar-refractivity contribution in [2.45, 2.75) is 39.9 Å². The van der Waals surface area contributed by atoms with E-state index in [0.717, 1.165) is 5.56 Å². The molecule has 2 amide bonds. The molecule has 0 saturated carbocycles. The van der Waals surface area contributed by atoms with Crippen molar-refractivity contribution in [3.8, 4) is 0 Å². The van der Waals surface area contributed by atoms with Gasteiger partial charge < -0.3 is 4.90 Å². The Kier molecular flexibility index (Phi) is 4.53. The van der Waals surface area contributed by atoms with E-state index in [1.807, 2.05) is 44.2 Å². The van der Waals surface area contributed by atoms with E-state index in [1.165, 1.54) is 16.8 Å². The molecule has 124 valence electrons. The zero-order valence-corrected chi connectivity index (χ0v) is 17.2. The molecule has 2 saturated heterocycles. The third-order valence-corrected chi connectivity index (χ3v) is 7.83. The second-order valence-electron chi connectivity index (χ2n) is 6.13. The van der Waals surface area contributed by atoms with Crippen LogP contribution in [0.3, 0.4) is 0 Å². The maximum Gasteiger partial charge on any atom is 0.257 e. The van der Waals surface area contributed by atoms with Crippen molar-refractivity contribution in [2.75, 3.05) is 0 Å². The highest BCUT2D eigenvalue weighted by atomic mass is 79.9. The van der Waals surface area contributed by atoms with Crippen molar-refractivity contribution in [3.05, 3.63) is 35.9 Å². The third-order valence-electron chi connectivity index (χ3n) is 3.99. The lowest BCUT2D eigenvalue weighted by Crippen LogP contribution is -2.72. The topological polar surface area (TPSA) is 40.6 Å². The number of rotatable bonds is 3. The molecule has 0 N–H and O–H groups in total. The first-order chi connectivity index (χ1) is 10.7. The van der Waals surface area contributed by atoms with E-state index in [9.17, 15) is 9.59 Å². The number of alkyl halides is 3. The summed E-state index contributed by atoms with van der Waals surface area (Å²) in [7, 11) is 0. The van der Waals surface area contributed by atoms with Gasteiger partial charge in [-0.05, 0) is 31.4 Å². The molecule has 1 aromatic rings. The minimum absolute atomic E-state index is 0.0849. The van der Waals surface area contributed by atoms with E-state index in [0.29, 0.717) is 6.54 Å². The first-order valence-electron chi connectivity index (χ1n) is 7.05. The van der Waals surface area contributed by atoms with Gasteiger partial charge in [0, 0.05) is 0 Å². The maximum atomic E-state index is 12.9. The van der Waals surface area contributed by atoms with Crippen LogP contribution < -0.4 is 0 Å². The molecule has 2 aliphatic rings. The first kappa shape index (κ1) is 17.6. The Labute approximate surface area is 161 Å². The third kappa shape index (κ3) is 2.83. The van der Waals surface area contributed by atoms with Gasteiger partial charge in [-0.1, -0.05) is 73.8 Å². The molecule has 2 aliphatic heterocycles. The van der Waals surface area contributed by atoms with Crippen LogP contribution in [0.4, 0.5) is 0 Å². The molecule has 8 heteroatoms. The number of benzene rings is 1. The number of likely N-dealkylation sites (tertiary alicyclic amines) is 1. The number of nitrogens with zero attached hydrogens (tertiary/aromatic N) is 2. The van der Waals surface area contributed by atoms with Gasteiger partial charge in [-0.2, -0.15) is 0 Å². The predicted octanol–water partition coefficient (Wildman–Crippen LogP) is 3.72. The Morgan fingerprint density at radius 1 is 1.22 bits per heavy atom. The summed E-state index contributed by atoms with van der Waals surface area (Å²) in [5, 5.41) is 0. The molecule has 0 aromatic heterocycles. The molecule has 4 nitrogen and oxygen atoms in total. The molecular formula is C15H15Br2ClN2O2S. The van der Waals surface area contributed by atoms with E-state index >= 15 is 0 Å². The maximum absolute atomic E-state index is 12.9. The van der Waals surface area contributed by atoms with E-state index in [2.05, 4.69) is 31.9 Å². The standard InChI is InChI=1S/C15H15Br2ClN2O2S/c1-14(2)10(20-12(18)15(16,17)13(20)22)11(21)19(23-14)8-9-6-4-3-5-7-9/h3-7,10,12H,8H2,1-2H3/t10-,12-/m0/s1. The highest BCUT2D eigenvalue weighted by molar-refractivity contribution is 9.26. The number of amides is 2. The number of hydrogen-bond donors (Lipinski definition) is 0. The highest BCUT2D eigenvalue weighted by Crippen LogP contribution is 2.53. The van der Waals surface area contributed by atoms with Crippen LogP contribution in [0, 0.1) is 0 Å². The molecule has 2 heterocycles. The van der Waals surface area contributed by atoms with Gasteiger partial charge in [-0.25, -0.2) is 0 Å². The lowest BCUT2D eigenvalue weighted by atomic mass is 9.96. The Morgan fingerprint density at radius 2 is 1.83 bits per heavy atom. The van der Waals surface area contributed by atoms with Crippen LogP contribution in [0.2, 0.25) is 0 Å². The van der Waals surface area contributed by atoms with Gasteiger partial charge in [0.1, 0.15) is 11.5 Å². The number of β-lactam (4-membered cyclic amide) rings is 1. The summed E-state index contributed by atoms with van der Waals surface area (Å²) >= 11 is 14.3. The van der Waals surface area contributed by atoms with Gasteiger partial charge in [0.05, 0.1) is 11.3 Å². The average molecular weight is 483 g/mol. The number of hydrogen-bond acceptors (Lipinski definition) is 3. The molecule has 23 heavy (non-hydrogen) atoms. The zero-order valence-electron chi connectivity index (χ0n) is 12.5. The monoisotopic (exact) mass is 480 g/mol. The second-order valence-corrected chi connectivity index (χ2v) is 11.8. The van der Waals surface area contributed by atoms with Crippen molar-refractivity contribution in [2.24, 2.45) is 0 Å². The molecule has 0 aliphatic carbocycles. The Morgan fingerprint density at radius 3 is 2.39 bits per heavy atom. The van der Waals surface area contributed by atoms with E-state index < -0.39 is 19.5 Å². The summed E-state index contributed by atoms with van der Waals surface area (Å²) in [6, 6.07) is 9.22. The van der Waals surface area contributed by atoms with Crippen LogP contribution in [-0.2, 0) is 16.1 Å². The molecule has 0 radical (unpaired) electrons. The van der Waals surface area contributed by atoms with Gasteiger partial charge in [0.15, 0.2) is 3.23 Å². The molecule has 2 atom stereocenters. The van der Waals surface area contributed by atoms with Crippen molar-refractivity contribution < 1.29 is 9.59 Å². The lowest BCUT2D eigenvalue weighted by molar-refractivity contribution is -0.152. The molecule has 2 fully saturated rings. The second kappa shape index (κ2) is 5.93. The fourth-order valence-corrected chi connectivity index (χ4v) is 5.29. The van der Waals surface area contributed by atoms with Crippen molar-refractivity contribution in [1.29, 1.82) is 0 Å². The van der Waals surface area contributed by atoms with Gasteiger partial charge in [0.25, 0.3) is 11.8 Å². The van der Waals surface area contributed by atoms with Crippen LogP contribution in [-0.4, -0.2) is 40.5 Å². The van der Waals surface area contributed by atoms with Gasteiger partial charge in [-0.3, -0.25) is 13.9 Å². The van der Waals surface area contributed by atoms with Crippen molar-refractivity contribution in [1.82, 2.24) is 9.21 Å². The molecule has 3 rings (SSSR count). The Bertz CT molecular complexity index is 656. The minimum atomic E-state index is -0.977. The van der Waals surface area contributed by atoms with Crippen molar-refractivity contribution >= 4 is 67.2 Å². The number of carbonyl (C=O) groups excluding carboxylic acids is 2. The van der Waals surface area contributed by atoms with Crippen LogP contribution in [0.25, 0.3) is 0 Å². The summed E-state index contributed by atoms with van der Waals surface area (Å²) in [4.78, 5) is 26.7. The minimum Gasteiger partial charge on any atom is -0.308 e. The van der Waals surface area contributed by atoms with Crippen LogP contribution in [0.5, 0.6) is 0 Å². The van der Waals surface area contributed by atoms with Crippen molar-refractivity contribution in [3.63, 3.8) is 0 Å². The van der Waals surface area contributed by atoms with E-state index in [-0.39, 0.29) is 11.8 Å². The highest BCUT2D eigenvalue weighted by Gasteiger charge is 2.65. The SMILES string of the molecule is CC1(C)SN(Cc2ccccc2)C(=O)[C@@H]1N1C(=O)C(Br)(Br)[C@H]1Cl. The predicted molar refractivity (Wildman–Crippen MR) is 99.5 cm³/mol. The van der Waals surface area contributed by atoms with Gasteiger partial charge >= 0.3 is 0 Å². The summed E-state index contributed by atoms with van der Waals surface area (Å²) in [6.07, 6.45) is 0. The van der Waals surface area contributed by atoms with E-state index in [1.54, 1.807) is 4.31 Å².